The van der Waals surface area contributed by atoms with Crippen molar-refractivity contribution in [2.45, 2.75) is 19.4 Å². The van der Waals surface area contributed by atoms with E-state index >= 15 is 0 Å². The number of anilines is 1. The van der Waals surface area contributed by atoms with Gasteiger partial charge < -0.3 is 14.4 Å². The Morgan fingerprint density at radius 2 is 1.85 bits per heavy atom. The quantitative estimate of drug-likeness (QED) is 0.743. The number of quaternary nitrogens is 1. The highest BCUT2D eigenvalue weighted by atomic mass is 16.6. The number of imide groups is 1. The van der Waals surface area contributed by atoms with Gasteiger partial charge in [0.2, 0.25) is 5.91 Å². The van der Waals surface area contributed by atoms with Crippen LogP contribution in [0.2, 0.25) is 0 Å². The highest BCUT2D eigenvalue weighted by Crippen LogP contribution is 2.24. The van der Waals surface area contributed by atoms with Crippen LogP contribution in [-0.2, 0) is 14.3 Å². The van der Waals surface area contributed by atoms with E-state index in [0.717, 1.165) is 4.90 Å². The van der Waals surface area contributed by atoms with Crippen LogP contribution in [0.25, 0.3) is 0 Å². The third kappa shape index (κ3) is 3.50. The number of hydrogen-bond acceptors (Lipinski definition) is 5. The van der Waals surface area contributed by atoms with E-state index in [9.17, 15) is 14.4 Å². The smallest absolute Gasteiger partial charge is 0.410 e. The number of ether oxygens (including phenoxy) is 2. The molecule has 2 aliphatic heterocycles. The molecule has 0 aromatic heterocycles. The van der Waals surface area contributed by atoms with E-state index in [2.05, 4.69) is 0 Å². The normalized spacial score (nSPS) is 21.2. The Morgan fingerprint density at radius 3 is 2.42 bits per heavy atom. The SMILES string of the molecule is CCOC(=O)N1CC[NH+](C2CC(=O)N(c3ccc(OC)cc3)C2=O)CC1. The van der Waals surface area contributed by atoms with Gasteiger partial charge in [-0.1, -0.05) is 0 Å². The van der Waals surface area contributed by atoms with Crippen LogP contribution in [0.4, 0.5) is 10.5 Å². The molecular weight excluding hydrogens is 338 g/mol. The van der Waals surface area contributed by atoms with Crippen LogP contribution >= 0.6 is 0 Å². The summed E-state index contributed by atoms with van der Waals surface area (Å²) in [6, 6.07) is 6.49. The fourth-order valence-corrected chi connectivity index (χ4v) is 3.49. The average Bonchev–Trinajstić information content (AvgIpc) is 2.96. The average molecular weight is 362 g/mol. The molecule has 0 aliphatic carbocycles. The predicted molar refractivity (Wildman–Crippen MR) is 93.2 cm³/mol. The topological polar surface area (TPSA) is 80.6 Å². The molecule has 0 saturated carbocycles. The first kappa shape index (κ1) is 18.2. The van der Waals surface area contributed by atoms with Gasteiger partial charge >= 0.3 is 6.09 Å². The Bertz CT molecular complexity index is 683. The minimum absolute atomic E-state index is 0.181. The lowest BCUT2D eigenvalue weighted by atomic mass is 10.2. The highest BCUT2D eigenvalue weighted by Gasteiger charge is 2.46. The second kappa shape index (κ2) is 7.74. The Hall–Kier alpha value is -2.61. The van der Waals surface area contributed by atoms with Gasteiger partial charge in [0.1, 0.15) is 5.75 Å². The summed E-state index contributed by atoms with van der Waals surface area (Å²) in [6.07, 6.45) is -0.125. The van der Waals surface area contributed by atoms with Crippen LogP contribution in [0.1, 0.15) is 13.3 Å². The largest absolute Gasteiger partial charge is 0.497 e. The molecule has 2 aliphatic rings. The molecule has 2 fully saturated rings. The van der Waals surface area contributed by atoms with Gasteiger partial charge in [0.15, 0.2) is 6.04 Å². The zero-order valence-electron chi connectivity index (χ0n) is 15.1. The molecule has 1 unspecified atom stereocenters. The van der Waals surface area contributed by atoms with Crippen molar-refractivity contribution >= 4 is 23.6 Å². The van der Waals surface area contributed by atoms with Crippen LogP contribution in [0, 0.1) is 0 Å². The lowest BCUT2D eigenvalue weighted by Crippen LogP contribution is -3.19. The summed E-state index contributed by atoms with van der Waals surface area (Å²) >= 11 is 0. The van der Waals surface area contributed by atoms with E-state index in [0.29, 0.717) is 44.2 Å². The van der Waals surface area contributed by atoms with Crippen LogP contribution in [-0.4, -0.2) is 68.7 Å². The standard InChI is InChI=1S/C18H23N3O5/c1-3-26-18(24)20-10-8-19(9-11-20)15-12-16(22)21(17(15)23)13-4-6-14(25-2)7-5-13/h4-7,15H,3,8-12H2,1-2H3/p+1. The van der Waals surface area contributed by atoms with E-state index in [1.807, 2.05) is 0 Å². The summed E-state index contributed by atoms with van der Waals surface area (Å²) in [5.74, 6) is 0.301. The summed E-state index contributed by atoms with van der Waals surface area (Å²) in [5.41, 5.74) is 0.563. The van der Waals surface area contributed by atoms with E-state index in [-0.39, 0.29) is 24.3 Å². The van der Waals surface area contributed by atoms with Crippen molar-refractivity contribution in [2.75, 3.05) is 44.8 Å². The minimum Gasteiger partial charge on any atom is -0.497 e. The number of nitrogens with one attached hydrogen (secondary N) is 1. The molecule has 3 rings (SSSR count). The van der Waals surface area contributed by atoms with Crippen LogP contribution in [0.15, 0.2) is 24.3 Å². The van der Waals surface area contributed by atoms with Crippen molar-refractivity contribution in [3.8, 4) is 5.75 Å². The van der Waals surface area contributed by atoms with E-state index in [1.165, 1.54) is 4.90 Å². The third-order valence-corrected chi connectivity index (χ3v) is 4.90. The zero-order chi connectivity index (χ0) is 18.7. The molecule has 26 heavy (non-hydrogen) atoms. The first-order chi connectivity index (χ1) is 12.5. The van der Waals surface area contributed by atoms with Gasteiger partial charge in [-0.2, -0.15) is 0 Å². The molecule has 8 nitrogen and oxygen atoms in total. The third-order valence-electron chi connectivity index (χ3n) is 4.90. The molecule has 140 valence electrons. The van der Waals surface area contributed by atoms with Crippen LogP contribution in [0.5, 0.6) is 5.75 Å². The van der Waals surface area contributed by atoms with Crippen molar-refractivity contribution in [3.63, 3.8) is 0 Å². The summed E-state index contributed by atoms with van der Waals surface area (Å²) in [5, 5.41) is 0. The molecule has 0 bridgehead atoms. The number of carbonyl (C=O) groups is 3. The van der Waals surface area contributed by atoms with E-state index in [4.69, 9.17) is 9.47 Å². The minimum atomic E-state index is -0.394. The van der Waals surface area contributed by atoms with Crippen molar-refractivity contribution < 1.29 is 28.8 Å². The van der Waals surface area contributed by atoms with E-state index < -0.39 is 6.04 Å². The van der Waals surface area contributed by atoms with Crippen LogP contribution < -0.4 is 14.5 Å². The lowest BCUT2D eigenvalue weighted by Gasteiger charge is -2.33. The Kier molecular flexibility index (Phi) is 5.41. The molecular formula is C18H24N3O5+. The van der Waals surface area contributed by atoms with Gasteiger partial charge in [-0.25, -0.2) is 9.69 Å². The summed E-state index contributed by atoms with van der Waals surface area (Å²) < 4.78 is 10.1. The highest BCUT2D eigenvalue weighted by molar-refractivity contribution is 6.21. The Balaban J connectivity index is 1.65. The van der Waals surface area contributed by atoms with Gasteiger partial charge in [0, 0.05) is 0 Å². The molecule has 1 N–H and O–H groups in total. The first-order valence-corrected chi connectivity index (χ1v) is 8.82. The number of amides is 3. The number of hydrogen-bond donors (Lipinski definition) is 1. The predicted octanol–water partition coefficient (Wildman–Crippen LogP) is -0.316. The van der Waals surface area contributed by atoms with Crippen molar-refractivity contribution in [2.24, 2.45) is 0 Å². The molecule has 0 radical (unpaired) electrons. The number of piperazine rings is 1. The summed E-state index contributed by atoms with van der Waals surface area (Å²) in [7, 11) is 1.57. The number of carbonyl (C=O) groups excluding carboxylic acids is 3. The first-order valence-electron chi connectivity index (χ1n) is 8.82. The number of nitrogens with zero attached hydrogens (tertiary/aromatic N) is 2. The Labute approximate surface area is 152 Å². The monoisotopic (exact) mass is 362 g/mol. The van der Waals surface area contributed by atoms with Gasteiger partial charge in [0.05, 0.1) is 52.0 Å². The zero-order valence-corrected chi connectivity index (χ0v) is 15.1. The summed E-state index contributed by atoms with van der Waals surface area (Å²) in [4.78, 5) is 41.0. The van der Waals surface area contributed by atoms with Crippen molar-refractivity contribution in [3.05, 3.63) is 24.3 Å². The maximum Gasteiger partial charge on any atom is 0.410 e. The van der Waals surface area contributed by atoms with Crippen molar-refractivity contribution in [1.29, 1.82) is 0 Å². The maximum atomic E-state index is 12.8. The Morgan fingerprint density at radius 1 is 1.19 bits per heavy atom. The fourth-order valence-electron chi connectivity index (χ4n) is 3.49. The lowest BCUT2D eigenvalue weighted by molar-refractivity contribution is -0.918. The molecule has 2 heterocycles. The molecule has 1 aromatic rings. The van der Waals surface area contributed by atoms with Gasteiger partial charge in [-0.15, -0.1) is 0 Å². The number of rotatable bonds is 4. The van der Waals surface area contributed by atoms with Crippen LogP contribution in [0.3, 0.4) is 0 Å². The van der Waals surface area contributed by atoms with Gasteiger partial charge in [-0.3, -0.25) is 14.5 Å². The maximum absolute atomic E-state index is 12.8. The molecule has 2 saturated heterocycles. The second-order valence-electron chi connectivity index (χ2n) is 6.37. The molecule has 1 atom stereocenters. The number of methoxy groups -OCH3 is 1. The summed E-state index contributed by atoms with van der Waals surface area (Å²) in [6.45, 7) is 4.41. The molecule has 1 aromatic carbocycles. The molecule has 3 amide bonds. The fraction of sp³-hybridized carbons (Fsp3) is 0.500. The van der Waals surface area contributed by atoms with Gasteiger partial charge in [0.25, 0.3) is 5.91 Å². The molecule has 0 spiro atoms. The van der Waals surface area contributed by atoms with Crippen molar-refractivity contribution in [1.82, 2.24) is 4.90 Å². The number of benzene rings is 1. The second-order valence-corrected chi connectivity index (χ2v) is 6.37. The molecule has 8 heteroatoms. The van der Waals surface area contributed by atoms with E-state index in [1.54, 1.807) is 43.2 Å². The van der Waals surface area contributed by atoms with Gasteiger partial charge in [-0.05, 0) is 31.2 Å².